The van der Waals surface area contributed by atoms with Gasteiger partial charge in [-0.3, -0.25) is 4.79 Å². The Hall–Kier alpha value is -3.08. The van der Waals surface area contributed by atoms with Gasteiger partial charge in [-0.1, -0.05) is 29.8 Å². The van der Waals surface area contributed by atoms with E-state index >= 15 is 0 Å². The molecular formula is C21H21N3O2. The highest BCUT2D eigenvalue weighted by atomic mass is 16.5. The van der Waals surface area contributed by atoms with Crippen molar-refractivity contribution in [2.75, 3.05) is 20.2 Å². The molecule has 26 heavy (non-hydrogen) atoms. The highest BCUT2D eigenvalue weighted by Gasteiger charge is 2.27. The summed E-state index contributed by atoms with van der Waals surface area (Å²) in [6.07, 6.45) is 2.90. The first-order chi connectivity index (χ1) is 12.7. The quantitative estimate of drug-likeness (QED) is 0.723. The van der Waals surface area contributed by atoms with E-state index in [-0.39, 0.29) is 5.91 Å². The minimum absolute atomic E-state index is 0.0347. The Morgan fingerprint density at radius 3 is 2.54 bits per heavy atom. The second kappa shape index (κ2) is 6.67. The van der Waals surface area contributed by atoms with E-state index in [9.17, 15) is 4.79 Å². The van der Waals surface area contributed by atoms with E-state index < -0.39 is 0 Å². The summed E-state index contributed by atoms with van der Waals surface area (Å²) in [7, 11) is 1.64. The van der Waals surface area contributed by atoms with Crippen LogP contribution in [0.1, 0.15) is 22.3 Å². The second-order valence-electron chi connectivity index (χ2n) is 6.55. The number of hydrogen-bond acceptors (Lipinski definition) is 3. The Bertz CT molecular complexity index is 940. The van der Waals surface area contributed by atoms with Crippen molar-refractivity contribution in [3.63, 3.8) is 0 Å². The molecule has 3 aromatic rings. The molecule has 0 spiro atoms. The van der Waals surface area contributed by atoms with E-state index in [0.717, 1.165) is 36.5 Å². The van der Waals surface area contributed by atoms with Gasteiger partial charge in [0.15, 0.2) is 0 Å². The van der Waals surface area contributed by atoms with Gasteiger partial charge in [-0.05, 0) is 37.6 Å². The zero-order chi connectivity index (χ0) is 18.1. The van der Waals surface area contributed by atoms with Crippen molar-refractivity contribution in [3.8, 4) is 22.7 Å². The summed E-state index contributed by atoms with van der Waals surface area (Å²) in [5.74, 6) is 0.780. The van der Waals surface area contributed by atoms with E-state index in [4.69, 9.17) is 9.84 Å². The number of rotatable bonds is 4. The number of amides is 1. The standard InChI is InChI=1S/C21H21N3O2/c1-15-7-9-17(10-8-15)24-14-19(21(25)23-11-4-12-23)20(22-24)16-5-3-6-18(13-16)26-2/h3,5-10,13-14H,4,11-12H2,1-2H3. The van der Waals surface area contributed by atoms with Crippen LogP contribution in [-0.2, 0) is 0 Å². The predicted octanol–water partition coefficient (Wildman–Crippen LogP) is 3.70. The van der Waals surface area contributed by atoms with Gasteiger partial charge in [-0.2, -0.15) is 5.10 Å². The molecule has 5 nitrogen and oxygen atoms in total. The van der Waals surface area contributed by atoms with Crippen LogP contribution in [0.3, 0.4) is 0 Å². The summed E-state index contributed by atoms with van der Waals surface area (Å²) in [4.78, 5) is 14.8. The molecule has 1 aromatic heterocycles. The monoisotopic (exact) mass is 347 g/mol. The van der Waals surface area contributed by atoms with E-state index in [1.54, 1.807) is 11.8 Å². The average Bonchev–Trinajstić information content (AvgIpc) is 3.06. The molecule has 0 aliphatic carbocycles. The number of hydrogen-bond donors (Lipinski definition) is 0. The molecule has 0 saturated carbocycles. The molecule has 0 radical (unpaired) electrons. The normalized spacial score (nSPS) is 13.4. The van der Waals surface area contributed by atoms with Crippen LogP contribution in [-0.4, -0.2) is 40.8 Å². The molecule has 1 aliphatic heterocycles. The van der Waals surface area contributed by atoms with Crippen molar-refractivity contribution in [1.82, 2.24) is 14.7 Å². The largest absolute Gasteiger partial charge is 0.497 e. The summed E-state index contributed by atoms with van der Waals surface area (Å²) >= 11 is 0. The van der Waals surface area contributed by atoms with Crippen LogP contribution in [0, 0.1) is 6.92 Å². The van der Waals surface area contributed by atoms with Crippen LogP contribution in [0.15, 0.2) is 54.7 Å². The fourth-order valence-corrected chi connectivity index (χ4v) is 3.03. The third-order valence-corrected chi connectivity index (χ3v) is 4.73. The minimum Gasteiger partial charge on any atom is -0.497 e. The number of ether oxygens (including phenoxy) is 1. The van der Waals surface area contributed by atoms with Crippen LogP contribution < -0.4 is 4.74 Å². The number of nitrogens with zero attached hydrogens (tertiary/aromatic N) is 3. The lowest BCUT2D eigenvalue weighted by Gasteiger charge is -2.30. The lowest BCUT2D eigenvalue weighted by atomic mass is 10.1. The maximum Gasteiger partial charge on any atom is 0.257 e. The first-order valence-electron chi connectivity index (χ1n) is 8.76. The van der Waals surface area contributed by atoms with Crippen molar-refractivity contribution in [2.24, 2.45) is 0 Å². The molecule has 2 aromatic carbocycles. The van der Waals surface area contributed by atoms with Crippen molar-refractivity contribution < 1.29 is 9.53 Å². The molecule has 1 amide bonds. The number of likely N-dealkylation sites (tertiary alicyclic amines) is 1. The molecule has 1 fully saturated rings. The smallest absolute Gasteiger partial charge is 0.257 e. The fraction of sp³-hybridized carbons (Fsp3) is 0.238. The van der Waals surface area contributed by atoms with E-state index in [2.05, 4.69) is 0 Å². The maximum atomic E-state index is 12.9. The summed E-state index contributed by atoms with van der Waals surface area (Å²) < 4.78 is 7.11. The van der Waals surface area contributed by atoms with Crippen LogP contribution in [0.2, 0.25) is 0 Å². The first kappa shape index (κ1) is 16.4. The van der Waals surface area contributed by atoms with Crippen molar-refractivity contribution in [3.05, 3.63) is 65.9 Å². The van der Waals surface area contributed by atoms with Gasteiger partial charge in [0.05, 0.1) is 18.4 Å². The third kappa shape index (κ3) is 2.96. The Morgan fingerprint density at radius 2 is 1.88 bits per heavy atom. The van der Waals surface area contributed by atoms with Crippen molar-refractivity contribution in [1.29, 1.82) is 0 Å². The molecule has 132 valence electrons. The minimum atomic E-state index is 0.0347. The van der Waals surface area contributed by atoms with E-state index in [0.29, 0.717) is 11.3 Å². The number of carbonyl (C=O) groups is 1. The maximum absolute atomic E-state index is 12.9. The third-order valence-electron chi connectivity index (χ3n) is 4.73. The van der Waals surface area contributed by atoms with Gasteiger partial charge < -0.3 is 9.64 Å². The molecule has 2 heterocycles. The number of benzene rings is 2. The highest BCUT2D eigenvalue weighted by molar-refractivity contribution is 6.00. The highest BCUT2D eigenvalue weighted by Crippen LogP contribution is 2.28. The van der Waals surface area contributed by atoms with Crippen molar-refractivity contribution >= 4 is 5.91 Å². The van der Waals surface area contributed by atoms with Crippen LogP contribution in [0.4, 0.5) is 0 Å². The van der Waals surface area contributed by atoms with Gasteiger partial charge in [0, 0.05) is 24.8 Å². The van der Waals surface area contributed by atoms with Crippen LogP contribution in [0.25, 0.3) is 16.9 Å². The molecule has 0 unspecified atom stereocenters. The average molecular weight is 347 g/mol. The number of aromatic nitrogens is 2. The Kier molecular flexibility index (Phi) is 4.21. The predicted molar refractivity (Wildman–Crippen MR) is 101 cm³/mol. The number of carbonyl (C=O) groups excluding carboxylic acids is 1. The summed E-state index contributed by atoms with van der Waals surface area (Å²) in [5.41, 5.74) is 4.30. The number of aryl methyl sites for hydroxylation is 1. The van der Waals surface area contributed by atoms with Crippen molar-refractivity contribution in [2.45, 2.75) is 13.3 Å². The molecule has 0 N–H and O–H groups in total. The zero-order valence-electron chi connectivity index (χ0n) is 15.0. The summed E-state index contributed by atoms with van der Waals surface area (Å²) in [6.45, 7) is 3.67. The SMILES string of the molecule is COc1cccc(-c2nn(-c3ccc(C)cc3)cc2C(=O)N2CCC2)c1. The second-order valence-corrected chi connectivity index (χ2v) is 6.55. The summed E-state index contributed by atoms with van der Waals surface area (Å²) in [6, 6.07) is 15.8. The van der Waals surface area contributed by atoms with E-state index in [1.165, 1.54) is 5.56 Å². The fourth-order valence-electron chi connectivity index (χ4n) is 3.03. The van der Waals surface area contributed by atoms with Gasteiger partial charge in [-0.25, -0.2) is 4.68 Å². The van der Waals surface area contributed by atoms with Gasteiger partial charge in [0.1, 0.15) is 11.4 Å². The lowest BCUT2D eigenvalue weighted by molar-refractivity contribution is 0.0652. The van der Waals surface area contributed by atoms with E-state index in [1.807, 2.05) is 66.6 Å². The lowest BCUT2D eigenvalue weighted by Crippen LogP contribution is -2.42. The van der Waals surface area contributed by atoms with Gasteiger partial charge >= 0.3 is 0 Å². The Balaban J connectivity index is 1.81. The van der Waals surface area contributed by atoms with Crippen LogP contribution in [0.5, 0.6) is 5.75 Å². The molecule has 5 heteroatoms. The Labute approximate surface area is 152 Å². The molecule has 0 atom stereocenters. The molecular weight excluding hydrogens is 326 g/mol. The zero-order valence-corrected chi connectivity index (χ0v) is 15.0. The molecule has 1 saturated heterocycles. The first-order valence-corrected chi connectivity index (χ1v) is 8.76. The summed E-state index contributed by atoms with van der Waals surface area (Å²) in [5, 5.41) is 4.73. The van der Waals surface area contributed by atoms with Gasteiger partial charge in [-0.15, -0.1) is 0 Å². The van der Waals surface area contributed by atoms with Gasteiger partial charge in [0.2, 0.25) is 0 Å². The molecule has 0 bridgehead atoms. The van der Waals surface area contributed by atoms with Gasteiger partial charge in [0.25, 0.3) is 5.91 Å². The molecule has 1 aliphatic rings. The number of methoxy groups -OCH3 is 1. The molecule has 4 rings (SSSR count). The Morgan fingerprint density at radius 1 is 1.12 bits per heavy atom. The van der Waals surface area contributed by atoms with Crippen LogP contribution >= 0.6 is 0 Å². The topological polar surface area (TPSA) is 47.4 Å².